The first-order chi connectivity index (χ1) is 14.2. The van der Waals surface area contributed by atoms with Gasteiger partial charge in [0.1, 0.15) is 6.04 Å². The summed E-state index contributed by atoms with van der Waals surface area (Å²) < 4.78 is 5.17. The lowest BCUT2D eigenvalue weighted by Gasteiger charge is -2.22. The van der Waals surface area contributed by atoms with Crippen LogP contribution < -0.4 is 5.32 Å². The predicted octanol–water partition coefficient (Wildman–Crippen LogP) is 2.44. The Morgan fingerprint density at radius 1 is 0.933 bits per heavy atom. The molecular weight excluding hydrogens is 388 g/mol. The van der Waals surface area contributed by atoms with Crippen LogP contribution in [0.4, 0.5) is 5.69 Å². The number of ketones is 1. The Kier molecular flexibility index (Phi) is 5.77. The van der Waals surface area contributed by atoms with E-state index < -0.39 is 35.8 Å². The number of rotatable bonds is 6. The van der Waals surface area contributed by atoms with Crippen molar-refractivity contribution in [2.45, 2.75) is 32.9 Å². The number of imide groups is 1. The Morgan fingerprint density at radius 3 is 2.10 bits per heavy atom. The summed E-state index contributed by atoms with van der Waals surface area (Å²) in [6.07, 6.45) is -1.18. The standard InChI is InChI=1S/C22H20N2O6/c1-12(24-20(27)17-9-4-5-10-18(17)21(24)28)22(29)30-14(3)19(26)23-16-8-6-7-15(11-16)13(2)25/h4-12,14H,1-3H3,(H,23,26)/t12-,14+/m0/s1. The number of amides is 3. The van der Waals surface area contributed by atoms with Gasteiger partial charge in [0.05, 0.1) is 11.1 Å². The molecule has 30 heavy (non-hydrogen) atoms. The van der Waals surface area contributed by atoms with Crippen molar-refractivity contribution in [1.82, 2.24) is 4.90 Å². The molecule has 3 amide bonds. The zero-order chi connectivity index (χ0) is 22.0. The van der Waals surface area contributed by atoms with E-state index in [1.165, 1.54) is 39.0 Å². The first-order valence-corrected chi connectivity index (χ1v) is 9.30. The molecule has 1 aliphatic rings. The normalized spacial score (nSPS) is 14.7. The Bertz CT molecular complexity index is 1030. The van der Waals surface area contributed by atoms with E-state index in [1.807, 2.05) is 0 Å². The molecule has 3 rings (SSSR count). The highest BCUT2D eigenvalue weighted by Gasteiger charge is 2.41. The molecule has 0 saturated carbocycles. The Labute approximate surface area is 172 Å². The molecule has 1 N–H and O–H groups in total. The van der Waals surface area contributed by atoms with E-state index in [2.05, 4.69) is 5.32 Å². The second-order valence-corrected chi connectivity index (χ2v) is 6.91. The summed E-state index contributed by atoms with van der Waals surface area (Å²) in [6.45, 7) is 4.15. The zero-order valence-corrected chi connectivity index (χ0v) is 16.7. The lowest BCUT2D eigenvalue weighted by atomic mass is 10.1. The van der Waals surface area contributed by atoms with Gasteiger partial charge in [0.25, 0.3) is 17.7 Å². The molecule has 8 heteroatoms. The molecule has 0 fully saturated rings. The molecule has 0 spiro atoms. The van der Waals surface area contributed by atoms with Crippen LogP contribution in [-0.2, 0) is 14.3 Å². The molecule has 0 aromatic heterocycles. The van der Waals surface area contributed by atoms with Gasteiger partial charge < -0.3 is 10.1 Å². The van der Waals surface area contributed by atoms with Gasteiger partial charge in [-0.25, -0.2) is 4.79 Å². The van der Waals surface area contributed by atoms with Gasteiger partial charge in [-0.15, -0.1) is 0 Å². The van der Waals surface area contributed by atoms with Gasteiger partial charge in [0, 0.05) is 11.3 Å². The first-order valence-electron chi connectivity index (χ1n) is 9.30. The van der Waals surface area contributed by atoms with Gasteiger partial charge in [0.15, 0.2) is 11.9 Å². The Morgan fingerprint density at radius 2 is 1.53 bits per heavy atom. The lowest BCUT2D eigenvalue weighted by Crippen LogP contribution is -2.45. The van der Waals surface area contributed by atoms with Crippen molar-refractivity contribution in [3.05, 3.63) is 65.2 Å². The van der Waals surface area contributed by atoms with Crippen LogP contribution in [0.5, 0.6) is 0 Å². The number of anilines is 1. The highest BCUT2D eigenvalue weighted by Crippen LogP contribution is 2.25. The summed E-state index contributed by atoms with van der Waals surface area (Å²) in [5.74, 6) is -2.82. The summed E-state index contributed by atoms with van der Waals surface area (Å²) in [5, 5.41) is 2.57. The number of carbonyl (C=O) groups excluding carboxylic acids is 5. The average Bonchev–Trinajstić information content (AvgIpc) is 2.98. The van der Waals surface area contributed by atoms with E-state index in [9.17, 15) is 24.0 Å². The van der Waals surface area contributed by atoms with Crippen LogP contribution in [0.1, 0.15) is 51.8 Å². The highest BCUT2D eigenvalue weighted by molar-refractivity contribution is 6.22. The SMILES string of the molecule is CC(=O)c1cccc(NC(=O)[C@@H](C)OC(=O)[C@H](C)N2C(=O)c3ccccc3C2=O)c1. The van der Waals surface area contributed by atoms with Crippen LogP contribution in [-0.4, -0.2) is 46.5 Å². The maximum absolute atomic E-state index is 12.5. The number of benzene rings is 2. The number of carbonyl (C=O) groups is 5. The number of ether oxygens (including phenoxy) is 1. The quantitative estimate of drug-likeness (QED) is 0.447. The minimum Gasteiger partial charge on any atom is -0.451 e. The topological polar surface area (TPSA) is 110 Å². The molecule has 0 unspecified atom stereocenters. The van der Waals surface area contributed by atoms with Gasteiger partial charge in [-0.05, 0) is 45.0 Å². The van der Waals surface area contributed by atoms with E-state index in [0.717, 1.165) is 4.90 Å². The lowest BCUT2D eigenvalue weighted by molar-refractivity contribution is -0.156. The molecule has 1 aliphatic heterocycles. The van der Waals surface area contributed by atoms with Crippen molar-refractivity contribution < 1.29 is 28.7 Å². The third-order valence-electron chi connectivity index (χ3n) is 4.75. The minimum absolute atomic E-state index is 0.152. The molecule has 8 nitrogen and oxygen atoms in total. The fraction of sp³-hybridized carbons (Fsp3) is 0.227. The smallest absolute Gasteiger partial charge is 0.329 e. The van der Waals surface area contributed by atoms with Gasteiger partial charge in [-0.3, -0.25) is 24.1 Å². The van der Waals surface area contributed by atoms with Crippen molar-refractivity contribution in [1.29, 1.82) is 0 Å². The Balaban J connectivity index is 1.65. The van der Waals surface area contributed by atoms with Crippen molar-refractivity contribution in [3.63, 3.8) is 0 Å². The van der Waals surface area contributed by atoms with E-state index in [4.69, 9.17) is 4.74 Å². The monoisotopic (exact) mass is 408 g/mol. The van der Waals surface area contributed by atoms with Crippen LogP contribution in [0.3, 0.4) is 0 Å². The van der Waals surface area contributed by atoms with Crippen molar-refractivity contribution >= 4 is 35.2 Å². The molecule has 0 bridgehead atoms. The van der Waals surface area contributed by atoms with Crippen molar-refractivity contribution in [3.8, 4) is 0 Å². The van der Waals surface area contributed by atoms with Gasteiger partial charge in [-0.1, -0.05) is 24.3 Å². The summed E-state index contributed by atoms with van der Waals surface area (Å²) in [7, 11) is 0. The highest BCUT2D eigenvalue weighted by atomic mass is 16.5. The van der Waals surface area contributed by atoms with Crippen LogP contribution in [0.15, 0.2) is 48.5 Å². The van der Waals surface area contributed by atoms with E-state index in [1.54, 1.807) is 30.3 Å². The fourth-order valence-corrected chi connectivity index (χ4v) is 3.05. The van der Waals surface area contributed by atoms with E-state index in [0.29, 0.717) is 11.3 Å². The summed E-state index contributed by atoms with van der Waals surface area (Å²) >= 11 is 0. The number of Topliss-reactive ketones (excluding diaryl/α,β-unsaturated/α-hetero) is 1. The average molecular weight is 408 g/mol. The maximum Gasteiger partial charge on any atom is 0.329 e. The summed E-state index contributed by atoms with van der Waals surface area (Å²) in [5.41, 5.74) is 1.25. The predicted molar refractivity (Wildman–Crippen MR) is 107 cm³/mol. The molecule has 0 aliphatic carbocycles. The number of esters is 1. The number of hydrogen-bond acceptors (Lipinski definition) is 6. The number of fused-ring (bicyclic) bond motifs is 1. The molecule has 2 aromatic carbocycles. The summed E-state index contributed by atoms with van der Waals surface area (Å²) in [4.78, 5) is 62.1. The molecule has 0 saturated heterocycles. The van der Waals surface area contributed by atoms with Crippen LogP contribution in [0.25, 0.3) is 0 Å². The van der Waals surface area contributed by atoms with Crippen LogP contribution >= 0.6 is 0 Å². The summed E-state index contributed by atoms with van der Waals surface area (Å²) in [6, 6.07) is 11.4. The molecule has 2 atom stereocenters. The maximum atomic E-state index is 12.5. The van der Waals surface area contributed by atoms with Crippen molar-refractivity contribution in [2.75, 3.05) is 5.32 Å². The molecular formula is C22H20N2O6. The molecule has 2 aromatic rings. The van der Waals surface area contributed by atoms with Gasteiger partial charge >= 0.3 is 5.97 Å². The van der Waals surface area contributed by atoms with Crippen molar-refractivity contribution in [2.24, 2.45) is 0 Å². The van der Waals surface area contributed by atoms with Gasteiger partial charge in [0.2, 0.25) is 0 Å². The largest absolute Gasteiger partial charge is 0.451 e. The van der Waals surface area contributed by atoms with Crippen LogP contribution in [0, 0.1) is 0 Å². The number of hydrogen-bond donors (Lipinski definition) is 1. The second kappa shape index (κ2) is 8.28. The third-order valence-corrected chi connectivity index (χ3v) is 4.75. The molecule has 0 radical (unpaired) electrons. The fourth-order valence-electron chi connectivity index (χ4n) is 3.05. The first kappa shape index (κ1) is 20.9. The van der Waals surface area contributed by atoms with Gasteiger partial charge in [-0.2, -0.15) is 0 Å². The van der Waals surface area contributed by atoms with E-state index in [-0.39, 0.29) is 16.9 Å². The molecule has 154 valence electrons. The third kappa shape index (κ3) is 3.98. The Hall–Kier alpha value is -3.81. The number of nitrogens with zero attached hydrogens (tertiary/aromatic N) is 1. The van der Waals surface area contributed by atoms with E-state index >= 15 is 0 Å². The number of nitrogens with one attached hydrogen (secondary N) is 1. The zero-order valence-electron chi connectivity index (χ0n) is 16.7. The minimum atomic E-state index is -1.20. The van der Waals surface area contributed by atoms with Crippen LogP contribution in [0.2, 0.25) is 0 Å². The second-order valence-electron chi connectivity index (χ2n) is 6.91. The molecule has 1 heterocycles.